The van der Waals surface area contributed by atoms with Crippen LogP contribution in [-0.4, -0.2) is 33.4 Å². The molecular weight excluding hydrogens is 279 g/mol. The molecule has 0 saturated carbocycles. The Hall–Kier alpha value is -0.690. The number of sulfonamides is 1. The minimum atomic E-state index is -3.84. The molecule has 0 radical (unpaired) electrons. The second-order valence-electron chi connectivity index (χ2n) is 3.83. The van der Waals surface area contributed by atoms with Crippen molar-refractivity contribution in [1.82, 2.24) is 9.62 Å². The Kier molecular flexibility index (Phi) is 5.10. The number of benzene rings is 1. The van der Waals surface area contributed by atoms with Crippen LogP contribution < -0.4 is 5.32 Å². The van der Waals surface area contributed by atoms with E-state index in [4.69, 9.17) is 11.6 Å². The van der Waals surface area contributed by atoms with Crippen LogP contribution in [0.1, 0.15) is 12.5 Å². The molecule has 7 heteroatoms. The van der Waals surface area contributed by atoms with Crippen LogP contribution >= 0.6 is 11.6 Å². The van der Waals surface area contributed by atoms with Gasteiger partial charge in [0.15, 0.2) is 0 Å². The summed E-state index contributed by atoms with van der Waals surface area (Å²) in [5.41, 5.74) is 0.230. The van der Waals surface area contributed by atoms with Crippen molar-refractivity contribution in [3.8, 4) is 0 Å². The zero-order valence-electron chi connectivity index (χ0n) is 10.5. The molecule has 0 aromatic heterocycles. The molecule has 0 atom stereocenters. The number of hydrogen-bond acceptors (Lipinski definition) is 3. The Labute approximate surface area is 112 Å². The molecule has 1 aromatic carbocycles. The van der Waals surface area contributed by atoms with Crippen LogP contribution in [0.15, 0.2) is 17.0 Å². The Morgan fingerprint density at radius 1 is 1.44 bits per heavy atom. The van der Waals surface area contributed by atoms with Crippen LogP contribution in [0.5, 0.6) is 0 Å². The molecule has 0 bridgehead atoms. The van der Waals surface area contributed by atoms with Gasteiger partial charge in [-0.2, -0.15) is 0 Å². The van der Waals surface area contributed by atoms with Crippen molar-refractivity contribution in [2.75, 3.05) is 20.6 Å². The Bertz CT molecular complexity index is 534. The van der Waals surface area contributed by atoms with Crippen LogP contribution in [0.2, 0.25) is 5.02 Å². The summed E-state index contributed by atoms with van der Waals surface area (Å²) in [6, 6.07) is 2.55. The number of rotatable bonds is 5. The van der Waals surface area contributed by atoms with Crippen LogP contribution in [0, 0.1) is 5.82 Å². The highest BCUT2D eigenvalue weighted by molar-refractivity contribution is 7.89. The third-order valence-electron chi connectivity index (χ3n) is 2.58. The molecule has 1 rings (SSSR count). The standard InChI is InChI=1S/C11H16ClFN2O2S/c1-4-15(3)18(16,17)10-6-9(12)5-8(7-14-2)11(10)13/h5-6,14H,4,7H2,1-3H3. The summed E-state index contributed by atoms with van der Waals surface area (Å²) in [6.07, 6.45) is 0. The van der Waals surface area contributed by atoms with E-state index in [0.29, 0.717) is 0 Å². The monoisotopic (exact) mass is 294 g/mol. The van der Waals surface area contributed by atoms with Gasteiger partial charge in [-0.05, 0) is 19.2 Å². The van der Waals surface area contributed by atoms with E-state index in [-0.39, 0.29) is 28.6 Å². The molecular formula is C11H16ClFN2O2S. The summed E-state index contributed by atoms with van der Waals surface area (Å²) >= 11 is 5.83. The summed E-state index contributed by atoms with van der Waals surface area (Å²) in [5, 5.41) is 2.97. The molecule has 0 aliphatic heterocycles. The van der Waals surface area contributed by atoms with Crippen LogP contribution in [0.3, 0.4) is 0 Å². The van der Waals surface area contributed by atoms with Gasteiger partial charge >= 0.3 is 0 Å². The van der Waals surface area contributed by atoms with E-state index < -0.39 is 15.8 Å². The van der Waals surface area contributed by atoms with Gasteiger partial charge in [0.25, 0.3) is 0 Å². The normalized spacial score (nSPS) is 12.1. The van der Waals surface area contributed by atoms with E-state index in [1.165, 1.54) is 13.1 Å². The third-order valence-corrected chi connectivity index (χ3v) is 4.73. The van der Waals surface area contributed by atoms with Crippen molar-refractivity contribution in [2.24, 2.45) is 0 Å². The fraction of sp³-hybridized carbons (Fsp3) is 0.455. The van der Waals surface area contributed by atoms with Crippen molar-refractivity contribution >= 4 is 21.6 Å². The largest absolute Gasteiger partial charge is 0.316 e. The van der Waals surface area contributed by atoms with Gasteiger partial charge < -0.3 is 5.32 Å². The van der Waals surface area contributed by atoms with Crippen LogP contribution in [0.25, 0.3) is 0 Å². The molecule has 4 nitrogen and oxygen atoms in total. The van der Waals surface area contributed by atoms with Gasteiger partial charge in [0.05, 0.1) is 0 Å². The number of nitrogens with one attached hydrogen (secondary N) is 1. The molecule has 0 amide bonds. The fourth-order valence-corrected chi connectivity index (χ4v) is 3.08. The highest BCUT2D eigenvalue weighted by Crippen LogP contribution is 2.25. The van der Waals surface area contributed by atoms with E-state index in [0.717, 1.165) is 10.4 Å². The van der Waals surface area contributed by atoms with E-state index in [1.807, 2.05) is 0 Å². The molecule has 0 spiro atoms. The van der Waals surface area contributed by atoms with E-state index in [1.54, 1.807) is 14.0 Å². The molecule has 0 aliphatic rings. The van der Waals surface area contributed by atoms with Crippen molar-refractivity contribution in [3.63, 3.8) is 0 Å². The predicted molar refractivity (Wildman–Crippen MR) is 69.7 cm³/mol. The molecule has 0 unspecified atom stereocenters. The lowest BCUT2D eigenvalue weighted by molar-refractivity contribution is 0.476. The lowest BCUT2D eigenvalue weighted by atomic mass is 10.2. The first-order valence-corrected chi connectivity index (χ1v) is 7.25. The lowest BCUT2D eigenvalue weighted by Crippen LogP contribution is -2.27. The second-order valence-corrected chi connectivity index (χ2v) is 6.28. The van der Waals surface area contributed by atoms with Crippen molar-refractivity contribution in [1.29, 1.82) is 0 Å². The topological polar surface area (TPSA) is 49.4 Å². The fourth-order valence-electron chi connectivity index (χ4n) is 1.46. The van der Waals surface area contributed by atoms with E-state index in [2.05, 4.69) is 5.32 Å². The molecule has 0 saturated heterocycles. The molecule has 1 N–H and O–H groups in total. The number of hydrogen-bond donors (Lipinski definition) is 1. The van der Waals surface area contributed by atoms with Gasteiger partial charge in [0.2, 0.25) is 10.0 Å². The maximum absolute atomic E-state index is 14.1. The van der Waals surface area contributed by atoms with Gasteiger partial charge in [-0.15, -0.1) is 0 Å². The van der Waals surface area contributed by atoms with Crippen molar-refractivity contribution in [2.45, 2.75) is 18.4 Å². The lowest BCUT2D eigenvalue weighted by Gasteiger charge is -2.17. The maximum Gasteiger partial charge on any atom is 0.245 e. The average molecular weight is 295 g/mol. The minimum Gasteiger partial charge on any atom is -0.316 e. The molecule has 0 heterocycles. The first kappa shape index (κ1) is 15.4. The molecule has 18 heavy (non-hydrogen) atoms. The summed E-state index contributed by atoms with van der Waals surface area (Å²) in [6.45, 7) is 2.15. The van der Waals surface area contributed by atoms with Gasteiger partial charge in [0, 0.05) is 30.7 Å². The first-order valence-electron chi connectivity index (χ1n) is 5.43. The van der Waals surface area contributed by atoms with Crippen LogP contribution in [-0.2, 0) is 16.6 Å². The second kappa shape index (κ2) is 5.97. The summed E-state index contributed by atoms with van der Waals surface area (Å²) in [5.74, 6) is -0.756. The molecule has 1 aromatic rings. The third kappa shape index (κ3) is 3.00. The summed E-state index contributed by atoms with van der Waals surface area (Å²) < 4.78 is 39.4. The highest BCUT2D eigenvalue weighted by Gasteiger charge is 2.25. The number of nitrogens with zero attached hydrogens (tertiary/aromatic N) is 1. The van der Waals surface area contributed by atoms with E-state index in [9.17, 15) is 12.8 Å². The summed E-state index contributed by atoms with van der Waals surface area (Å²) in [7, 11) is -0.795. The van der Waals surface area contributed by atoms with Gasteiger partial charge in [-0.1, -0.05) is 18.5 Å². The van der Waals surface area contributed by atoms with Gasteiger partial charge in [-0.25, -0.2) is 17.1 Å². The Morgan fingerprint density at radius 3 is 2.56 bits per heavy atom. The molecule has 0 fully saturated rings. The van der Waals surface area contributed by atoms with Crippen LogP contribution in [0.4, 0.5) is 4.39 Å². The zero-order valence-corrected chi connectivity index (χ0v) is 12.1. The smallest absolute Gasteiger partial charge is 0.245 e. The minimum absolute atomic E-state index is 0.199. The highest BCUT2D eigenvalue weighted by atomic mass is 35.5. The maximum atomic E-state index is 14.1. The summed E-state index contributed by atoms with van der Waals surface area (Å²) in [4.78, 5) is -0.385. The molecule has 0 aliphatic carbocycles. The Morgan fingerprint density at radius 2 is 2.06 bits per heavy atom. The zero-order chi connectivity index (χ0) is 13.9. The first-order chi connectivity index (χ1) is 8.34. The predicted octanol–water partition coefficient (Wildman–Crippen LogP) is 1.84. The number of halogens is 2. The SMILES string of the molecule is CCN(C)S(=O)(=O)c1cc(Cl)cc(CNC)c1F. The molecule has 102 valence electrons. The van der Waals surface area contributed by atoms with Gasteiger partial charge in [-0.3, -0.25) is 0 Å². The van der Waals surface area contributed by atoms with E-state index >= 15 is 0 Å². The average Bonchev–Trinajstić information content (AvgIpc) is 2.32. The van der Waals surface area contributed by atoms with Gasteiger partial charge in [0.1, 0.15) is 10.7 Å². The van der Waals surface area contributed by atoms with Crippen molar-refractivity contribution < 1.29 is 12.8 Å². The van der Waals surface area contributed by atoms with Crippen molar-refractivity contribution in [3.05, 3.63) is 28.5 Å². The Balaban J connectivity index is 3.41. The quantitative estimate of drug-likeness (QED) is 0.901.